The summed E-state index contributed by atoms with van der Waals surface area (Å²) in [6.07, 6.45) is 1.04. The molecule has 2 amide bonds. The van der Waals surface area contributed by atoms with Gasteiger partial charge in [-0.1, -0.05) is 36.4 Å². The third-order valence-electron chi connectivity index (χ3n) is 3.88. The number of ether oxygens (including phenoxy) is 2. The van der Waals surface area contributed by atoms with E-state index in [0.29, 0.717) is 5.69 Å². The SMILES string of the molecule is COC(=O)C(Cc1ccccn1)NC(=O)C(C)NC(=O)OCc1ccccc1. The number of carbonyl (C=O) groups excluding carboxylic acids is 3. The number of nitrogens with zero attached hydrogens (tertiary/aromatic N) is 1. The number of esters is 1. The maximum absolute atomic E-state index is 12.4. The molecule has 1 heterocycles. The third-order valence-corrected chi connectivity index (χ3v) is 3.88. The third kappa shape index (κ3) is 6.71. The average Bonchev–Trinajstić information content (AvgIpc) is 2.72. The molecule has 2 rings (SSSR count). The van der Waals surface area contributed by atoms with E-state index < -0.39 is 30.1 Å². The summed E-state index contributed by atoms with van der Waals surface area (Å²) in [5, 5.41) is 5.01. The van der Waals surface area contributed by atoms with Crippen molar-refractivity contribution in [3.63, 3.8) is 0 Å². The van der Waals surface area contributed by atoms with Crippen LogP contribution in [0.15, 0.2) is 54.7 Å². The molecule has 1 aromatic carbocycles. The Labute approximate surface area is 163 Å². The summed E-state index contributed by atoms with van der Waals surface area (Å²) < 4.78 is 9.83. The van der Waals surface area contributed by atoms with Gasteiger partial charge in [-0.3, -0.25) is 9.78 Å². The Hall–Kier alpha value is -3.42. The zero-order valence-electron chi connectivity index (χ0n) is 15.8. The predicted octanol–water partition coefficient (Wildman–Crippen LogP) is 1.60. The minimum Gasteiger partial charge on any atom is -0.467 e. The lowest BCUT2D eigenvalue weighted by Gasteiger charge is -2.19. The number of amides is 2. The first-order valence-corrected chi connectivity index (χ1v) is 8.75. The van der Waals surface area contributed by atoms with Gasteiger partial charge in [-0.15, -0.1) is 0 Å². The number of pyridine rings is 1. The fourth-order valence-corrected chi connectivity index (χ4v) is 2.37. The Morgan fingerprint density at radius 3 is 2.39 bits per heavy atom. The quantitative estimate of drug-likeness (QED) is 0.669. The molecule has 2 atom stereocenters. The monoisotopic (exact) mass is 385 g/mol. The second kappa shape index (κ2) is 10.7. The van der Waals surface area contributed by atoms with Crippen molar-refractivity contribution in [3.05, 3.63) is 66.0 Å². The molecular formula is C20H23N3O5. The molecule has 0 aliphatic heterocycles. The highest BCUT2D eigenvalue weighted by Gasteiger charge is 2.25. The van der Waals surface area contributed by atoms with Gasteiger partial charge in [0.15, 0.2) is 0 Å². The van der Waals surface area contributed by atoms with Gasteiger partial charge in [0.25, 0.3) is 0 Å². The van der Waals surface area contributed by atoms with Gasteiger partial charge in [0.05, 0.1) is 7.11 Å². The highest BCUT2D eigenvalue weighted by Crippen LogP contribution is 2.03. The molecule has 0 saturated heterocycles. The Balaban J connectivity index is 1.87. The minimum atomic E-state index is -0.919. The summed E-state index contributed by atoms with van der Waals surface area (Å²) in [5.41, 5.74) is 1.46. The zero-order chi connectivity index (χ0) is 20.4. The molecule has 28 heavy (non-hydrogen) atoms. The van der Waals surface area contributed by atoms with Crippen molar-refractivity contribution < 1.29 is 23.9 Å². The fourth-order valence-electron chi connectivity index (χ4n) is 2.37. The molecule has 0 bridgehead atoms. The number of hydrogen-bond donors (Lipinski definition) is 2. The van der Waals surface area contributed by atoms with Crippen LogP contribution >= 0.6 is 0 Å². The Morgan fingerprint density at radius 2 is 1.75 bits per heavy atom. The number of aromatic nitrogens is 1. The van der Waals surface area contributed by atoms with E-state index in [1.165, 1.54) is 14.0 Å². The van der Waals surface area contributed by atoms with Gasteiger partial charge in [-0.05, 0) is 24.6 Å². The highest BCUT2D eigenvalue weighted by molar-refractivity contribution is 5.89. The first-order valence-electron chi connectivity index (χ1n) is 8.75. The summed E-state index contributed by atoms with van der Waals surface area (Å²) >= 11 is 0. The van der Waals surface area contributed by atoms with Gasteiger partial charge in [-0.2, -0.15) is 0 Å². The van der Waals surface area contributed by atoms with E-state index >= 15 is 0 Å². The second-order valence-electron chi connectivity index (χ2n) is 6.04. The summed E-state index contributed by atoms with van der Waals surface area (Å²) in [4.78, 5) is 40.4. The Kier molecular flexibility index (Phi) is 7.95. The molecule has 0 radical (unpaired) electrons. The number of methoxy groups -OCH3 is 1. The van der Waals surface area contributed by atoms with Crippen molar-refractivity contribution >= 4 is 18.0 Å². The highest BCUT2D eigenvalue weighted by atomic mass is 16.5. The van der Waals surface area contributed by atoms with E-state index in [2.05, 4.69) is 15.6 Å². The van der Waals surface area contributed by atoms with Gasteiger partial charge in [0, 0.05) is 18.3 Å². The van der Waals surface area contributed by atoms with Gasteiger partial charge in [-0.25, -0.2) is 9.59 Å². The van der Waals surface area contributed by atoms with Gasteiger partial charge in [0.1, 0.15) is 18.7 Å². The first-order chi connectivity index (χ1) is 13.5. The van der Waals surface area contributed by atoms with Crippen LogP contribution in [0.3, 0.4) is 0 Å². The van der Waals surface area contributed by atoms with Gasteiger partial charge < -0.3 is 20.1 Å². The minimum absolute atomic E-state index is 0.0888. The average molecular weight is 385 g/mol. The Morgan fingerprint density at radius 1 is 1.04 bits per heavy atom. The number of benzene rings is 1. The standard InChI is InChI=1S/C20H23N3O5/c1-14(22-20(26)28-13-15-8-4-3-5-9-15)18(24)23-17(19(25)27-2)12-16-10-6-7-11-21-16/h3-11,14,17H,12-13H2,1-2H3,(H,22,26)(H,23,24). The van der Waals surface area contributed by atoms with Crippen molar-refractivity contribution in [3.8, 4) is 0 Å². The number of hydrogen-bond acceptors (Lipinski definition) is 6. The van der Waals surface area contributed by atoms with E-state index in [0.717, 1.165) is 5.56 Å². The maximum atomic E-state index is 12.4. The van der Waals surface area contributed by atoms with Crippen LogP contribution in [0.1, 0.15) is 18.2 Å². The van der Waals surface area contributed by atoms with E-state index in [1.807, 2.05) is 30.3 Å². The summed E-state index contributed by atoms with van der Waals surface area (Å²) in [5.74, 6) is -1.14. The fraction of sp³-hybridized carbons (Fsp3) is 0.300. The van der Waals surface area contributed by atoms with E-state index in [-0.39, 0.29) is 13.0 Å². The molecule has 2 aromatic rings. The summed E-state index contributed by atoms with van der Waals surface area (Å²) in [6.45, 7) is 1.58. The van der Waals surface area contributed by atoms with Crippen LogP contribution in [0.5, 0.6) is 0 Å². The molecular weight excluding hydrogens is 362 g/mol. The molecule has 0 fully saturated rings. The first kappa shape index (κ1) is 20.9. The summed E-state index contributed by atoms with van der Waals surface area (Å²) in [6, 6.07) is 12.6. The lowest BCUT2D eigenvalue weighted by Crippen LogP contribution is -2.51. The second-order valence-corrected chi connectivity index (χ2v) is 6.04. The smallest absolute Gasteiger partial charge is 0.408 e. The Bertz CT molecular complexity index is 783. The maximum Gasteiger partial charge on any atom is 0.408 e. The van der Waals surface area contributed by atoms with Crippen molar-refractivity contribution in [2.75, 3.05) is 7.11 Å². The zero-order valence-corrected chi connectivity index (χ0v) is 15.8. The van der Waals surface area contributed by atoms with E-state index in [1.54, 1.807) is 24.4 Å². The molecule has 0 spiro atoms. The lowest BCUT2D eigenvalue weighted by atomic mass is 10.1. The molecule has 1 aromatic heterocycles. The number of rotatable bonds is 8. The lowest BCUT2D eigenvalue weighted by molar-refractivity contribution is -0.145. The number of nitrogens with one attached hydrogen (secondary N) is 2. The molecule has 148 valence electrons. The van der Waals surface area contributed by atoms with Crippen LogP contribution < -0.4 is 10.6 Å². The molecule has 0 aliphatic rings. The van der Waals surface area contributed by atoms with Crippen molar-refractivity contribution in [1.82, 2.24) is 15.6 Å². The van der Waals surface area contributed by atoms with Crippen molar-refractivity contribution in [2.45, 2.75) is 32.0 Å². The van der Waals surface area contributed by atoms with Crippen LogP contribution in [0.25, 0.3) is 0 Å². The van der Waals surface area contributed by atoms with Gasteiger partial charge in [0.2, 0.25) is 5.91 Å². The topological polar surface area (TPSA) is 107 Å². The van der Waals surface area contributed by atoms with Crippen molar-refractivity contribution in [1.29, 1.82) is 0 Å². The van der Waals surface area contributed by atoms with Crippen LogP contribution in [0.4, 0.5) is 4.79 Å². The molecule has 2 unspecified atom stereocenters. The molecule has 8 nitrogen and oxygen atoms in total. The number of carbonyl (C=O) groups is 3. The van der Waals surface area contributed by atoms with Crippen molar-refractivity contribution in [2.24, 2.45) is 0 Å². The van der Waals surface area contributed by atoms with E-state index in [4.69, 9.17) is 9.47 Å². The molecule has 0 saturated carbocycles. The summed E-state index contributed by atoms with van der Waals surface area (Å²) in [7, 11) is 1.24. The van der Waals surface area contributed by atoms with Gasteiger partial charge >= 0.3 is 12.1 Å². The van der Waals surface area contributed by atoms with Crippen LogP contribution in [0.2, 0.25) is 0 Å². The molecule has 0 aliphatic carbocycles. The predicted molar refractivity (Wildman–Crippen MR) is 101 cm³/mol. The largest absolute Gasteiger partial charge is 0.467 e. The van der Waals surface area contributed by atoms with E-state index in [9.17, 15) is 14.4 Å². The molecule has 2 N–H and O–H groups in total. The normalized spacial score (nSPS) is 12.4. The van der Waals surface area contributed by atoms with Crippen LogP contribution in [0, 0.1) is 0 Å². The number of alkyl carbamates (subject to hydrolysis) is 1. The molecule has 8 heteroatoms. The van der Waals surface area contributed by atoms with Crippen LogP contribution in [-0.4, -0.2) is 42.1 Å². The van der Waals surface area contributed by atoms with Crippen LogP contribution in [-0.2, 0) is 32.1 Å².